The maximum absolute atomic E-state index is 14.0. The molecule has 0 saturated heterocycles. The van der Waals surface area contributed by atoms with Crippen LogP contribution in [0.15, 0.2) is 18.2 Å². The lowest BCUT2D eigenvalue weighted by Crippen LogP contribution is -2.18. The lowest BCUT2D eigenvalue weighted by atomic mass is 9.77. The summed E-state index contributed by atoms with van der Waals surface area (Å²) in [5.41, 5.74) is -0.275. The van der Waals surface area contributed by atoms with Crippen LogP contribution in [-0.4, -0.2) is 12.9 Å². The Balaban J connectivity index is 1.80. The third-order valence-electron chi connectivity index (χ3n) is 5.65. The van der Waals surface area contributed by atoms with Crippen molar-refractivity contribution in [3.8, 4) is 0 Å². The van der Waals surface area contributed by atoms with Gasteiger partial charge in [0, 0.05) is 5.56 Å². The summed E-state index contributed by atoms with van der Waals surface area (Å²) in [5.74, 6) is -0.363. The molecule has 6 heteroatoms. The Morgan fingerprint density at radius 2 is 1.56 bits per heavy atom. The van der Waals surface area contributed by atoms with Gasteiger partial charge in [0.2, 0.25) is 6.17 Å². The fourth-order valence-corrected chi connectivity index (χ4v) is 4.02. The molecule has 1 aliphatic carbocycles. The fraction of sp³-hybridized carbons (Fsp3) is 0.714. The number of rotatable bonds is 9. The molecule has 0 spiro atoms. The first kappa shape index (κ1) is 22.1. The molecule has 2 rings (SSSR count). The molecule has 1 aromatic rings. The van der Waals surface area contributed by atoms with Crippen LogP contribution in [-0.2, 0) is 0 Å². The molecule has 1 atom stereocenters. The molecule has 0 amide bonds. The first-order valence-corrected chi connectivity index (χ1v) is 9.89. The highest BCUT2D eigenvalue weighted by atomic mass is 19.4. The predicted octanol–water partition coefficient (Wildman–Crippen LogP) is 7.98. The molecule has 27 heavy (non-hydrogen) atoms. The van der Waals surface area contributed by atoms with Crippen LogP contribution in [0.25, 0.3) is 0 Å². The van der Waals surface area contributed by atoms with E-state index in [9.17, 15) is 26.3 Å². The van der Waals surface area contributed by atoms with Gasteiger partial charge in [0.25, 0.3) is 0 Å². The van der Waals surface area contributed by atoms with Gasteiger partial charge < -0.3 is 0 Å². The largest absolute Gasteiger partial charge is 0.424 e. The maximum Gasteiger partial charge on any atom is 0.424 e. The second kappa shape index (κ2) is 10.4. The molecule has 0 aromatic heterocycles. The van der Waals surface area contributed by atoms with Gasteiger partial charge in [0.15, 0.2) is 0 Å². The Labute approximate surface area is 157 Å². The summed E-state index contributed by atoms with van der Waals surface area (Å²) >= 11 is 0. The average molecular weight is 394 g/mol. The van der Waals surface area contributed by atoms with Crippen molar-refractivity contribution in [2.45, 2.75) is 82.5 Å². The molecule has 1 fully saturated rings. The zero-order chi connectivity index (χ0) is 19.9. The van der Waals surface area contributed by atoms with Gasteiger partial charge in [0.1, 0.15) is 5.82 Å². The zero-order valence-corrected chi connectivity index (χ0v) is 15.5. The third-order valence-corrected chi connectivity index (χ3v) is 5.65. The summed E-state index contributed by atoms with van der Waals surface area (Å²) in [6.45, 7) is -0.242. The van der Waals surface area contributed by atoms with E-state index in [1.165, 1.54) is 6.07 Å². The van der Waals surface area contributed by atoms with E-state index in [1.54, 1.807) is 0 Å². The van der Waals surface area contributed by atoms with Crippen molar-refractivity contribution >= 4 is 0 Å². The summed E-state index contributed by atoms with van der Waals surface area (Å²) in [6.07, 6.45) is 1.48. The number of unbranched alkanes of at least 4 members (excludes halogenated alkanes) is 4. The van der Waals surface area contributed by atoms with Gasteiger partial charge in [-0.1, -0.05) is 44.2 Å². The highest BCUT2D eigenvalue weighted by molar-refractivity contribution is 5.29. The lowest BCUT2D eigenvalue weighted by molar-refractivity contribution is -0.183. The summed E-state index contributed by atoms with van der Waals surface area (Å²) < 4.78 is 76.7. The van der Waals surface area contributed by atoms with Crippen LogP contribution in [0.2, 0.25) is 0 Å². The monoisotopic (exact) mass is 394 g/mol. The Morgan fingerprint density at radius 1 is 0.926 bits per heavy atom. The van der Waals surface area contributed by atoms with E-state index >= 15 is 0 Å². The van der Waals surface area contributed by atoms with Gasteiger partial charge in [-0.15, -0.1) is 0 Å². The fourth-order valence-electron chi connectivity index (χ4n) is 4.02. The van der Waals surface area contributed by atoms with Gasteiger partial charge in [-0.2, -0.15) is 13.2 Å². The van der Waals surface area contributed by atoms with Crippen molar-refractivity contribution in [2.24, 2.45) is 5.92 Å². The third kappa shape index (κ3) is 6.72. The molecular formula is C21H28F6. The number of halogens is 6. The molecule has 1 saturated carbocycles. The first-order valence-electron chi connectivity index (χ1n) is 9.89. The van der Waals surface area contributed by atoms with Gasteiger partial charge >= 0.3 is 6.18 Å². The first-order chi connectivity index (χ1) is 12.8. The maximum atomic E-state index is 14.0. The quantitative estimate of drug-likeness (QED) is 0.294. The lowest BCUT2D eigenvalue weighted by Gasteiger charge is -2.29. The van der Waals surface area contributed by atoms with E-state index in [0.717, 1.165) is 69.9 Å². The van der Waals surface area contributed by atoms with E-state index < -0.39 is 23.7 Å². The van der Waals surface area contributed by atoms with Crippen LogP contribution in [0.1, 0.15) is 87.4 Å². The standard InChI is InChI=1S/C21H28F6/c22-13-5-3-1-2-4-6-15-7-9-16(10-8-15)17-11-12-18(19(23)14-17)20(24)21(25,26)27/h11-12,14-16,20H,1-10,13H2. The summed E-state index contributed by atoms with van der Waals surface area (Å²) in [4.78, 5) is 0. The molecule has 0 N–H and O–H groups in total. The van der Waals surface area contributed by atoms with E-state index in [-0.39, 0.29) is 12.6 Å². The van der Waals surface area contributed by atoms with Crippen molar-refractivity contribution < 1.29 is 26.3 Å². The Morgan fingerprint density at radius 3 is 2.15 bits per heavy atom. The Bertz CT molecular complexity index is 560. The van der Waals surface area contributed by atoms with Crippen molar-refractivity contribution in [1.82, 2.24) is 0 Å². The molecular weight excluding hydrogens is 366 g/mol. The Kier molecular flexibility index (Phi) is 8.49. The van der Waals surface area contributed by atoms with E-state index in [4.69, 9.17) is 0 Å². The van der Waals surface area contributed by atoms with Crippen LogP contribution in [0.3, 0.4) is 0 Å². The number of hydrogen-bond acceptors (Lipinski definition) is 0. The molecule has 1 aliphatic rings. The number of alkyl halides is 5. The number of benzene rings is 1. The molecule has 0 bridgehead atoms. The van der Waals surface area contributed by atoms with Gasteiger partial charge in [-0.3, -0.25) is 4.39 Å². The molecule has 1 aromatic carbocycles. The Hall–Kier alpha value is -1.20. The normalized spacial score (nSPS) is 22.0. The zero-order valence-electron chi connectivity index (χ0n) is 15.5. The predicted molar refractivity (Wildman–Crippen MR) is 94.7 cm³/mol. The van der Waals surface area contributed by atoms with Crippen molar-refractivity contribution in [2.75, 3.05) is 6.67 Å². The van der Waals surface area contributed by atoms with Crippen LogP contribution in [0.5, 0.6) is 0 Å². The van der Waals surface area contributed by atoms with Crippen molar-refractivity contribution in [1.29, 1.82) is 0 Å². The van der Waals surface area contributed by atoms with Gasteiger partial charge in [-0.05, 0) is 55.6 Å². The van der Waals surface area contributed by atoms with E-state index in [2.05, 4.69) is 0 Å². The van der Waals surface area contributed by atoms with E-state index in [1.807, 2.05) is 0 Å². The molecule has 154 valence electrons. The van der Waals surface area contributed by atoms with Crippen molar-refractivity contribution in [3.05, 3.63) is 35.1 Å². The van der Waals surface area contributed by atoms with Crippen LogP contribution < -0.4 is 0 Å². The minimum Gasteiger partial charge on any atom is -0.251 e. The second-order valence-corrected chi connectivity index (χ2v) is 7.65. The SMILES string of the molecule is FCCCCCCCC1CCC(c2ccc(C(F)C(F)(F)F)c(F)c2)CC1. The van der Waals surface area contributed by atoms with Crippen molar-refractivity contribution in [3.63, 3.8) is 0 Å². The minimum absolute atomic E-state index is 0.123. The van der Waals surface area contributed by atoms with Crippen LogP contribution >= 0.6 is 0 Å². The van der Waals surface area contributed by atoms with Gasteiger partial charge in [0.05, 0.1) is 6.67 Å². The summed E-state index contributed by atoms with van der Waals surface area (Å²) in [7, 11) is 0. The molecule has 1 unspecified atom stereocenters. The minimum atomic E-state index is -5.09. The van der Waals surface area contributed by atoms with Crippen LogP contribution in [0.4, 0.5) is 26.3 Å². The topological polar surface area (TPSA) is 0 Å². The highest BCUT2D eigenvalue weighted by Crippen LogP contribution is 2.41. The smallest absolute Gasteiger partial charge is 0.251 e. The molecule has 0 nitrogen and oxygen atoms in total. The summed E-state index contributed by atoms with van der Waals surface area (Å²) in [5, 5.41) is 0. The van der Waals surface area contributed by atoms with Gasteiger partial charge in [-0.25, -0.2) is 8.78 Å². The molecule has 0 aliphatic heterocycles. The second-order valence-electron chi connectivity index (χ2n) is 7.65. The highest BCUT2D eigenvalue weighted by Gasteiger charge is 2.42. The number of hydrogen-bond donors (Lipinski definition) is 0. The molecule has 0 radical (unpaired) electrons. The molecule has 0 heterocycles. The van der Waals surface area contributed by atoms with Crippen LogP contribution in [0, 0.1) is 11.7 Å². The van der Waals surface area contributed by atoms with E-state index in [0.29, 0.717) is 17.9 Å². The average Bonchev–Trinajstić information content (AvgIpc) is 2.64. The summed E-state index contributed by atoms with van der Waals surface area (Å²) in [6, 6.07) is 3.45.